The van der Waals surface area contributed by atoms with Crippen molar-refractivity contribution >= 4 is 12.0 Å². The molecule has 96 valence electrons. The van der Waals surface area contributed by atoms with Gasteiger partial charge in [0.15, 0.2) is 0 Å². The summed E-state index contributed by atoms with van der Waals surface area (Å²) in [5.74, 6) is -1.14. The number of aliphatic carboxylic acids is 1. The molecule has 0 radical (unpaired) electrons. The average molecular weight is 240 g/mol. The van der Waals surface area contributed by atoms with Crippen LogP contribution in [-0.2, 0) is 4.79 Å². The highest BCUT2D eigenvalue weighted by atomic mass is 16.4. The first-order chi connectivity index (χ1) is 7.97. The molecule has 1 aliphatic rings. The highest BCUT2D eigenvalue weighted by Gasteiger charge is 2.34. The molecule has 1 fully saturated rings. The van der Waals surface area contributed by atoms with E-state index < -0.39 is 12.0 Å². The summed E-state index contributed by atoms with van der Waals surface area (Å²) in [5.41, 5.74) is 0. The summed E-state index contributed by atoms with van der Waals surface area (Å²) in [4.78, 5) is 24.6. The molecule has 1 aliphatic carbocycles. The van der Waals surface area contributed by atoms with E-state index >= 15 is 0 Å². The van der Waals surface area contributed by atoms with E-state index in [9.17, 15) is 9.59 Å². The smallest absolute Gasteiger partial charge is 0.326 e. The van der Waals surface area contributed by atoms with Crippen LogP contribution in [0.1, 0.15) is 26.7 Å². The molecule has 5 nitrogen and oxygen atoms in total. The van der Waals surface area contributed by atoms with Crippen molar-refractivity contribution in [2.75, 3.05) is 6.54 Å². The fourth-order valence-electron chi connectivity index (χ4n) is 1.65. The van der Waals surface area contributed by atoms with E-state index in [0.29, 0.717) is 6.54 Å². The lowest BCUT2D eigenvalue weighted by Gasteiger charge is -2.25. The zero-order chi connectivity index (χ0) is 13.0. The Hall–Kier alpha value is -1.52. The maximum Gasteiger partial charge on any atom is 0.326 e. The van der Waals surface area contributed by atoms with E-state index in [-0.39, 0.29) is 18.0 Å². The molecule has 0 aromatic carbocycles. The van der Waals surface area contributed by atoms with Gasteiger partial charge in [-0.25, -0.2) is 9.59 Å². The predicted molar refractivity (Wildman–Crippen MR) is 64.7 cm³/mol. The number of carbonyl (C=O) groups excluding carboxylic acids is 1. The van der Waals surface area contributed by atoms with Crippen LogP contribution in [0.4, 0.5) is 4.79 Å². The van der Waals surface area contributed by atoms with Crippen LogP contribution in [0.5, 0.6) is 0 Å². The quantitative estimate of drug-likeness (QED) is 0.690. The molecule has 0 bridgehead atoms. The van der Waals surface area contributed by atoms with Gasteiger partial charge in [-0.1, -0.05) is 19.9 Å². The Labute approximate surface area is 101 Å². The van der Waals surface area contributed by atoms with Crippen LogP contribution in [-0.4, -0.2) is 40.6 Å². The van der Waals surface area contributed by atoms with Gasteiger partial charge in [0.2, 0.25) is 0 Å². The maximum atomic E-state index is 11.9. The fraction of sp³-hybridized carbons (Fsp3) is 0.667. The Balaban J connectivity index is 2.60. The second-order valence-electron chi connectivity index (χ2n) is 4.68. The average Bonchev–Trinajstić information content (AvgIpc) is 3.04. The van der Waals surface area contributed by atoms with Crippen LogP contribution in [0.2, 0.25) is 0 Å². The SMILES string of the molecule is C=CCN(C(=O)NC(C(=O)O)C(C)C)C1CC1. The topological polar surface area (TPSA) is 69.6 Å². The van der Waals surface area contributed by atoms with Crippen molar-refractivity contribution in [3.05, 3.63) is 12.7 Å². The van der Waals surface area contributed by atoms with E-state index in [1.807, 2.05) is 0 Å². The van der Waals surface area contributed by atoms with Gasteiger partial charge in [-0.05, 0) is 18.8 Å². The summed E-state index contributed by atoms with van der Waals surface area (Å²) in [6.07, 6.45) is 3.63. The summed E-state index contributed by atoms with van der Waals surface area (Å²) in [6.45, 7) is 7.61. The monoisotopic (exact) mass is 240 g/mol. The van der Waals surface area contributed by atoms with Crippen LogP contribution in [0.3, 0.4) is 0 Å². The minimum Gasteiger partial charge on any atom is -0.480 e. The second-order valence-corrected chi connectivity index (χ2v) is 4.68. The highest BCUT2D eigenvalue weighted by Crippen LogP contribution is 2.26. The lowest BCUT2D eigenvalue weighted by atomic mass is 10.1. The minimum absolute atomic E-state index is 0.138. The summed E-state index contributed by atoms with van der Waals surface area (Å²) >= 11 is 0. The number of rotatable bonds is 6. The van der Waals surface area contributed by atoms with E-state index in [1.165, 1.54) is 0 Å². The lowest BCUT2D eigenvalue weighted by Crippen LogP contribution is -2.50. The van der Waals surface area contributed by atoms with Gasteiger partial charge in [-0.2, -0.15) is 0 Å². The van der Waals surface area contributed by atoms with Gasteiger partial charge in [0.25, 0.3) is 0 Å². The minimum atomic E-state index is -0.997. The van der Waals surface area contributed by atoms with Crippen molar-refractivity contribution in [1.29, 1.82) is 0 Å². The molecule has 0 aliphatic heterocycles. The Bertz CT molecular complexity index is 311. The number of carboxylic acid groups (broad SMARTS) is 1. The number of nitrogens with one attached hydrogen (secondary N) is 1. The molecule has 5 heteroatoms. The van der Waals surface area contributed by atoms with Gasteiger partial charge in [-0.3, -0.25) is 0 Å². The van der Waals surface area contributed by atoms with Crippen LogP contribution < -0.4 is 5.32 Å². The summed E-state index contributed by atoms with van der Waals surface area (Å²) in [7, 11) is 0. The zero-order valence-electron chi connectivity index (χ0n) is 10.3. The van der Waals surface area contributed by atoms with E-state index in [0.717, 1.165) is 12.8 Å². The first-order valence-electron chi connectivity index (χ1n) is 5.88. The molecule has 1 unspecified atom stereocenters. The molecule has 0 spiro atoms. The summed E-state index contributed by atoms with van der Waals surface area (Å²) < 4.78 is 0. The van der Waals surface area contributed by atoms with Crippen molar-refractivity contribution in [2.45, 2.75) is 38.8 Å². The van der Waals surface area contributed by atoms with Gasteiger partial charge in [0.1, 0.15) is 6.04 Å². The van der Waals surface area contributed by atoms with Crippen molar-refractivity contribution in [2.24, 2.45) is 5.92 Å². The van der Waals surface area contributed by atoms with Crippen LogP contribution in [0.25, 0.3) is 0 Å². The fourth-order valence-corrected chi connectivity index (χ4v) is 1.65. The molecule has 0 aromatic rings. The highest BCUT2D eigenvalue weighted by molar-refractivity contribution is 5.83. The number of hydrogen-bond donors (Lipinski definition) is 2. The summed E-state index contributed by atoms with van der Waals surface area (Å²) in [6, 6.07) is -0.906. The van der Waals surface area contributed by atoms with Gasteiger partial charge in [-0.15, -0.1) is 6.58 Å². The van der Waals surface area contributed by atoms with Gasteiger partial charge < -0.3 is 15.3 Å². The molecule has 0 heterocycles. The van der Waals surface area contributed by atoms with Crippen LogP contribution in [0, 0.1) is 5.92 Å². The standard InChI is InChI=1S/C12H20N2O3/c1-4-7-14(9-5-6-9)12(17)13-10(8(2)3)11(15)16/h4,8-10H,1,5-7H2,2-3H3,(H,13,17)(H,15,16). The number of urea groups is 1. The van der Waals surface area contributed by atoms with Gasteiger partial charge in [0.05, 0.1) is 0 Å². The Morgan fingerprint density at radius 1 is 1.53 bits per heavy atom. The number of amides is 2. The third-order valence-electron chi connectivity index (χ3n) is 2.79. The Kier molecular flexibility index (Phi) is 4.54. The second kappa shape index (κ2) is 5.70. The molecule has 1 rings (SSSR count). The molecule has 17 heavy (non-hydrogen) atoms. The lowest BCUT2D eigenvalue weighted by molar-refractivity contribution is -0.140. The van der Waals surface area contributed by atoms with Gasteiger partial charge in [0, 0.05) is 12.6 Å². The number of carbonyl (C=O) groups is 2. The molecule has 0 aromatic heterocycles. The van der Waals surface area contributed by atoms with E-state index in [1.54, 1.807) is 24.8 Å². The van der Waals surface area contributed by atoms with Crippen LogP contribution >= 0.6 is 0 Å². The molecular formula is C12H20N2O3. The van der Waals surface area contributed by atoms with E-state index in [2.05, 4.69) is 11.9 Å². The van der Waals surface area contributed by atoms with Crippen molar-refractivity contribution < 1.29 is 14.7 Å². The van der Waals surface area contributed by atoms with Crippen molar-refractivity contribution in [3.8, 4) is 0 Å². The zero-order valence-corrected chi connectivity index (χ0v) is 10.3. The predicted octanol–water partition coefficient (Wildman–Crippen LogP) is 1.46. The molecule has 1 saturated carbocycles. The van der Waals surface area contributed by atoms with Crippen LogP contribution in [0.15, 0.2) is 12.7 Å². The largest absolute Gasteiger partial charge is 0.480 e. The molecule has 1 atom stereocenters. The van der Waals surface area contributed by atoms with Crippen molar-refractivity contribution in [3.63, 3.8) is 0 Å². The first kappa shape index (κ1) is 13.5. The maximum absolute atomic E-state index is 11.9. The number of hydrogen-bond acceptors (Lipinski definition) is 2. The molecule has 0 saturated heterocycles. The molecular weight excluding hydrogens is 220 g/mol. The number of carboxylic acids is 1. The third-order valence-corrected chi connectivity index (χ3v) is 2.79. The Morgan fingerprint density at radius 2 is 2.12 bits per heavy atom. The van der Waals surface area contributed by atoms with Crippen molar-refractivity contribution in [1.82, 2.24) is 10.2 Å². The third kappa shape index (κ3) is 3.76. The summed E-state index contributed by atoms with van der Waals surface area (Å²) in [5, 5.41) is 11.6. The molecule has 2 amide bonds. The first-order valence-corrected chi connectivity index (χ1v) is 5.88. The van der Waals surface area contributed by atoms with E-state index in [4.69, 9.17) is 5.11 Å². The Morgan fingerprint density at radius 3 is 2.47 bits per heavy atom. The number of nitrogens with zero attached hydrogens (tertiary/aromatic N) is 1. The van der Waals surface area contributed by atoms with Gasteiger partial charge >= 0.3 is 12.0 Å². The molecule has 2 N–H and O–H groups in total. The normalized spacial score (nSPS) is 16.4.